The van der Waals surface area contributed by atoms with Crippen molar-refractivity contribution in [1.29, 1.82) is 0 Å². The van der Waals surface area contributed by atoms with Gasteiger partial charge in [-0.15, -0.1) is 0 Å². The zero-order valence-corrected chi connectivity index (χ0v) is 16.8. The number of hydrogen-bond acceptors (Lipinski definition) is 4. The number of rotatable bonds is 5. The zero-order chi connectivity index (χ0) is 20.5. The van der Waals surface area contributed by atoms with E-state index in [0.29, 0.717) is 36.4 Å². The molecule has 0 bridgehead atoms. The summed E-state index contributed by atoms with van der Waals surface area (Å²) >= 11 is 0. The lowest BCUT2D eigenvalue weighted by atomic mass is 10.1. The topological polar surface area (TPSA) is 66.1 Å². The Labute approximate surface area is 168 Å². The van der Waals surface area contributed by atoms with Gasteiger partial charge in [0.05, 0.1) is 5.52 Å². The highest BCUT2D eigenvalue weighted by Gasteiger charge is 2.18. The van der Waals surface area contributed by atoms with Crippen LogP contribution in [0.3, 0.4) is 0 Å². The predicted molar refractivity (Wildman–Crippen MR) is 115 cm³/mol. The molecule has 0 aliphatic carbocycles. The summed E-state index contributed by atoms with van der Waals surface area (Å²) in [5, 5.41) is 0.646. The summed E-state index contributed by atoms with van der Waals surface area (Å²) in [5.41, 5.74) is 2.53. The number of fused-ring (bicyclic) bond motifs is 2. The van der Waals surface area contributed by atoms with Gasteiger partial charge in [0, 0.05) is 38.3 Å². The highest BCUT2D eigenvalue weighted by Crippen LogP contribution is 2.21. The molecule has 2 heterocycles. The molecule has 0 amide bonds. The first-order chi connectivity index (χ1) is 14.0. The lowest BCUT2D eigenvalue weighted by Gasteiger charge is -2.16. The first kappa shape index (κ1) is 19.1. The normalized spacial score (nSPS) is 11.4. The summed E-state index contributed by atoms with van der Waals surface area (Å²) < 4.78 is 8.57. The Bertz CT molecular complexity index is 1320. The van der Waals surface area contributed by atoms with Crippen molar-refractivity contribution < 1.29 is 4.74 Å². The molecule has 6 nitrogen and oxygen atoms in total. The van der Waals surface area contributed by atoms with Crippen LogP contribution in [0.15, 0.2) is 58.1 Å². The second-order valence-corrected chi connectivity index (χ2v) is 7.21. The maximum Gasteiger partial charge on any atom is 0.267 e. The molecule has 4 aromatic rings. The minimum absolute atomic E-state index is 0.125. The van der Waals surface area contributed by atoms with Crippen molar-refractivity contribution in [3.8, 4) is 11.4 Å². The van der Waals surface area contributed by atoms with Gasteiger partial charge < -0.3 is 9.30 Å². The minimum atomic E-state index is -0.312. The molecule has 0 saturated heterocycles. The highest BCUT2D eigenvalue weighted by molar-refractivity contribution is 5.91. The quantitative estimate of drug-likeness (QED) is 0.388. The summed E-state index contributed by atoms with van der Waals surface area (Å²) in [6.45, 7) is 2.96. The summed E-state index contributed by atoms with van der Waals surface area (Å²) in [4.78, 5) is 31.4. The zero-order valence-electron chi connectivity index (χ0n) is 16.8. The number of hydrogen-bond donors (Lipinski definition) is 0. The van der Waals surface area contributed by atoms with Gasteiger partial charge in [-0.2, -0.15) is 0 Å². The smallest absolute Gasteiger partial charge is 0.267 e. The lowest BCUT2D eigenvalue weighted by Crippen LogP contribution is -2.29. The van der Waals surface area contributed by atoms with Crippen molar-refractivity contribution in [3.05, 3.63) is 74.7 Å². The van der Waals surface area contributed by atoms with Gasteiger partial charge in [-0.05, 0) is 25.5 Å². The van der Waals surface area contributed by atoms with E-state index in [4.69, 9.17) is 9.72 Å². The molecule has 0 saturated carbocycles. The molecule has 2 aromatic carbocycles. The summed E-state index contributed by atoms with van der Waals surface area (Å²) in [6.07, 6.45) is 0.649. The predicted octanol–water partition coefficient (Wildman–Crippen LogP) is 3.26. The van der Waals surface area contributed by atoms with Crippen LogP contribution in [0.1, 0.15) is 12.0 Å². The third-order valence-electron chi connectivity index (χ3n) is 5.24. The Morgan fingerprint density at radius 3 is 2.48 bits per heavy atom. The van der Waals surface area contributed by atoms with Crippen LogP contribution >= 0.6 is 0 Å². The molecule has 0 spiro atoms. The number of aromatic nitrogens is 3. The van der Waals surface area contributed by atoms with Gasteiger partial charge in [0.15, 0.2) is 5.65 Å². The number of nitrogens with zero attached hydrogens (tertiary/aromatic N) is 3. The average Bonchev–Trinajstić information content (AvgIpc) is 2.73. The maximum absolute atomic E-state index is 13.5. The van der Waals surface area contributed by atoms with Crippen molar-refractivity contribution >= 4 is 21.9 Å². The fourth-order valence-corrected chi connectivity index (χ4v) is 3.69. The second kappa shape index (κ2) is 7.64. The van der Waals surface area contributed by atoms with Crippen LogP contribution in [0, 0.1) is 6.92 Å². The fraction of sp³-hybridized carbons (Fsp3) is 0.261. The molecule has 0 radical (unpaired) electrons. The molecule has 0 N–H and O–H groups in total. The molecule has 0 unspecified atom stereocenters. The molecule has 0 aliphatic rings. The van der Waals surface area contributed by atoms with Gasteiger partial charge in [0.1, 0.15) is 11.2 Å². The second-order valence-electron chi connectivity index (χ2n) is 7.21. The minimum Gasteiger partial charge on any atom is -0.385 e. The van der Waals surface area contributed by atoms with Gasteiger partial charge in [-0.1, -0.05) is 42.0 Å². The van der Waals surface area contributed by atoms with Crippen LogP contribution < -0.4 is 11.0 Å². The molecule has 29 heavy (non-hydrogen) atoms. The average molecular weight is 389 g/mol. The molecule has 0 atom stereocenters. The van der Waals surface area contributed by atoms with Gasteiger partial charge in [-0.3, -0.25) is 14.2 Å². The summed E-state index contributed by atoms with van der Waals surface area (Å²) in [5.74, 6) is 0.559. The van der Waals surface area contributed by atoms with E-state index >= 15 is 0 Å². The van der Waals surface area contributed by atoms with Crippen molar-refractivity contribution in [2.75, 3.05) is 13.7 Å². The molecular weight excluding hydrogens is 366 g/mol. The van der Waals surface area contributed by atoms with Crippen molar-refractivity contribution in [3.63, 3.8) is 0 Å². The SMILES string of the molecule is COCCCn1c(-c2ccc(C)cc2)nc2c(c(=O)c3ccccc3n2C)c1=O. The van der Waals surface area contributed by atoms with Gasteiger partial charge >= 0.3 is 0 Å². The number of pyridine rings is 1. The van der Waals surface area contributed by atoms with Crippen molar-refractivity contribution in [1.82, 2.24) is 14.1 Å². The number of ether oxygens (including phenoxy) is 1. The van der Waals surface area contributed by atoms with E-state index in [9.17, 15) is 9.59 Å². The first-order valence-electron chi connectivity index (χ1n) is 9.61. The van der Waals surface area contributed by atoms with Gasteiger partial charge in [-0.25, -0.2) is 4.98 Å². The van der Waals surface area contributed by atoms with E-state index in [0.717, 1.165) is 16.6 Å². The van der Waals surface area contributed by atoms with Gasteiger partial charge in [0.2, 0.25) is 5.43 Å². The van der Waals surface area contributed by atoms with E-state index in [-0.39, 0.29) is 16.4 Å². The van der Waals surface area contributed by atoms with Gasteiger partial charge in [0.25, 0.3) is 5.56 Å². The third kappa shape index (κ3) is 3.25. The molecule has 6 heteroatoms. The maximum atomic E-state index is 13.5. The van der Waals surface area contributed by atoms with Crippen LogP contribution in [0.25, 0.3) is 33.3 Å². The Morgan fingerprint density at radius 1 is 1.03 bits per heavy atom. The summed E-state index contributed by atoms with van der Waals surface area (Å²) in [7, 11) is 3.47. The van der Waals surface area contributed by atoms with Crippen LogP contribution in [-0.2, 0) is 18.3 Å². The molecule has 0 fully saturated rings. The van der Waals surface area contributed by atoms with Crippen LogP contribution in [-0.4, -0.2) is 27.8 Å². The van der Waals surface area contributed by atoms with E-state index < -0.39 is 0 Å². The molecule has 2 aromatic heterocycles. The molecule has 4 rings (SSSR count). The Hall–Kier alpha value is -3.25. The van der Waals surface area contributed by atoms with Crippen LogP contribution in [0.5, 0.6) is 0 Å². The van der Waals surface area contributed by atoms with Crippen molar-refractivity contribution in [2.45, 2.75) is 19.9 Å². The molecule has 0 aliphatic heterocycles. The third-order valence-corrected chi connectivity index (χ3v) is 5.24. The number of aryl methyl sites for hydroxylation is 2. The Kier molecular flexibility index (Phi) is 5.03. The van der Waals surface area contributed by atoms with Crippen LogP contribution in [0.2, 0.25) is 0 Å². The first-order valence-corrected chi connectivity index (χ1v) is 9.61. The highest BCUT2D eigenvalue weighted by atomic mass is 16.5. The van der Waals surface area contributed by atoms with E-state index in [2.05, 4.69) is 0 Å². The number of benzene rings is 2. The summed E-state index contributed by atoms with van der Waals surface area (Å²) in [6, 6.07) is 15.2. The van der Waals surface area contributed by atoms with Crippen molar-refractivity contribution in [2.24, 2.45) is 7.05 Å². The van der Waals surface area contributed by atoms with E-state index in [1.54, 1.807) is 23.8 Å². The monoisotopic (exact) mass is 389 g/mol. The lowest BCUT2D eigenvalue weighted by molar-refractivity contribution is 0.190. The molecule has 148 valence electrons. The number of methoxy groups -OCH3 is 1. The largest absolute Gasteiger partial charge is 0.385 e. The Morgan fingerprint density at radius 2 is 1.76 bits per heavy atom. The molecular formula is C23H23N3O3. The standard InChI is InChI=1S/C23H23N3O3/c1-15-9-11-16(12-10-15)21-24-22-19(23(28)26(21)13-6-14-29-3)20(27)17-7-4-5-8-18(17)25(22)2/h4-5,7-12H,6,13-14H2,1-3H3. The van der Waals surface area contributed by atoms with E-state index in [1.165, 1.54) is 0 Å². The Balaban J connectivity index is 2.10. The van der Waals surface area contributed by atoms with E-state index in [1.807, 2.05) is 54.9 Å². The van der Waals surface area contributed by atoms with Crippen LogP contribution in [0.4, 0.5) is 0 Å². The number of para-hydroxylation sites is 1. The fourth-order valence-electron chi connectivity index (χ4n) is 3.69.